The Kier molecular flexibility index (Phi) is 7.52. The lowest BCUT2D eigenvalue weighted by Gasteiger charge is -2.37. The molecule has 0 aromatic heterocycles. The highest BCUT2D eigenvalue weighted by Gasteiger charge is 2.35. The van der Waals surface area contributed by atoms with E-state index in [1.165, 1.54) is 24.8 Å². The molecule has 0 N–H and O–H groups in total. The number of hydrogen-bond acceptors (Lipinski definition) is 3. The van der Waals surface area contributed by atoms with Crippen LogP contribution in [0.1, 0.15) is 56.9 Å². The van der Waals surface area contributed by atoms with Gasteiger partial charge >= 0.3 is 0 Å². The number of benzene rings is 1. The van der Waals surface area contributed by atoms with E-state index in [4.69, 9.17) is 0 Å². The Labute approximate surface area is 170 Å². The Morgan fingerprint density at radius 3 is 2.50 bits per heavy atom. The van der Waals surface area contributed by atoms with Crippen LogP contribution in [-0.2, 0) is 21.2 Å². The van der Waals surface area contributed by atoms with E-state index in [-0.39, 0.29) is 17.6 Å². The van der Waals surface area contributed by atoms with Gasteiger partial charge in [-0.05, 0) is 44.1 Å². The van der Waals surface area contributed by atoms with Gasteiger partial charge in [-0.25, -0.2) is 12.7 Å². The summed E-state index contributed by atoms with van der Waals surface area (Å²) in [6, 6.07) is 10.3. The molecule has 1 aromatic carbocycles. The normalized spacial score (nSPS) is 22.1. The molecule has 1 aliphatic carbocycles. The van der Waals surface area contributed by atoms with Gasteiger partial charge in [0.1, 0.15) is 0 Å². The van der Waals surface area contributed by atoms with Gasteiger partial charge in [0.05, 0.1) is 11.7 Å². The molecule has 5 nitrogen and oxygen atoms in total. The molecule has 6 heteroatoms. The minimum Gasteiger partial charge on any atom is -0.342 e. The first-order valence-electron chi connectivity index (χ1n) is 10.8. The van der Waals surface area contributed by atoms with Crippen molar-refractivity contribution < 1.29 is 13.2 Å². The van der Waals surface area contributed by atoms with E-state index in [2.05, 4.69) is 0 Å². The lowest BCUT2D eigenvalue weighted by Crippen LogP contribution is -2.49. The molecule has 1 aromatic rings. The van der Waals surface area contributed by atoms with Crippen LogP contribution in [0.3, 0.4) is 0 Å². The average Bonchev–Trinajstić information content (AvgIpc) is 2.74. The number of aryl methyl sites for hydroxylation is 1. The lowest BCUT2D eigenvalue weighted by molar-refractivity contribution is -0.138. The highest BCUT2D eigenvalue weighted by atomic mass is 32.2. The number of carbonyl (C=O) groups is 1. The number of amides is 1. The summed E-state index contributed by atoms with van der Waals surface area (Å²) in [7, 11) is -1.40. The molecule has 156 valence electrons. The molecule has 3 rings (SSSR count). The smallest absolute Gasteiger partial charge is 0.227 e. The quantitative estimate of drug-likeness (QED) is 0.697. The summed E-state index contributed by atoms with van der Waals surface area (Å²) in [6.45, 7) is 0.897. The molecule has 0 radical (unpaired) electrons. The van der Waals surface area contributed by atoms with Crippen LogP contribution in [0.2, 0.25) is 0 Å². The van der Waals surface area contributed by atoms with Gasteiger partial charge < -0.3 is 4.90 Å². The first-order valence-corrected chi connectivity index (χ1v) is 12.4. The average molecular weight is 407 g/mol. The summed E-state index contributed by atoms with van der Waals surface area (Å²) >= 11 is 0. The van der Waals surface area contributed by atoms with Crippen LogP contribution < -0.4 is 0 Å². The maximum Gasteiger partial charge on any atom is 0.227 e. The molecule has 1 saturated carbocycles. The maximum atomic E-state index is 13.0. The Morgan fingerprint density at radius 2 is 1.79 bits per heavy atom. The highest BCUT2D eigenvalue weighted by molar-refractivity contribution is 7.89. The third kappa shape index (κ3) is 5.57. The topological polar surface area (TPSA) is 57.7 Å². The third-order valence-corrected chi connectivity index (χ3v) is 8.23. The number of carbonyl (C=O) groups excluding carboxylic acids is 1. The van der Waals surface area contributed by atoms with Gasteiger partial charge in [-0.3, -0.25) is 4.79 Å². The van der Waals surface area contributed by atoms with E-state index < -0.39 is 10.0 Å². The van der Waals surface area contributed by atoms with Gasteiger partial charge in [0.2, 0.25) is 15.9 Å². The van der Waals surface area contributed by atoms with E-state index in [1.807, 2.05) is 42.3 Å². The fraction of sp³-hybridized carbons (Fsp3) is 0.682. The molecule has 28 heavy (non-hydrogen) atoms. The second-order valence-corrected chi connectivity index (χ2v) is 10.4. The van der Waals surface area contributed by atoms with E-state index in [1.54, 1.807) is 4.31 Å². The Morgan fingerprint density at radius 1 is 1.07 bits per heavy atom. The van der Waals surface area contributed by atoms with Crippen LogP contribution in [0.15, 0.2) is 30.3 Å². The van der Waals surface area contributed by atoms with Gasteiger partial charge in [-0.1, -0.05) is 49.6 Å². The van der Waals surface area contributed by atoms with Crippen LogP contribution in [0.25, 0.3) is 0 Å². The minimum atomic E-state index is -3.31. The van der Waals surface area contributed by atoms with Crippen molar-refractivity contribution in [3.63, 3.8) is 0 Å². The minimum absolute atomic E-state index is 0.135. The fourth-order valence-electron chi connectivity index (χ4n) is 4.57. The number of piperidine rings is 1. The van der Waals surface area contributed by atoms with Gasteiger partial charge in [0, 0.05) is 26.2 Å². The van der Waals surface area contributed by atoms with E-state index in [9.17, 15) is 13.2 Å². The molecule has 2 aliphatic rings. The maximum absolute atomic E-state index is 13.0. The predicted molar refractivity (Wildman–Crippen MR) is 112 cm³/mol. The van der Waals surface area contributed by atoms with Crippen molar-refractivity contribution in [3.05, 3.63) is 35.9 Å². The monoisotopic (exact) mass is 406 g/mol. The first kappa shape index (κ1) is 21.3. The summed E-state index contributed by atoms with van der Waals surface area (Å²) in [6.07, 6.45) is 8.75. The van der Waals surface area contributed by atoms with Crippen LogP contribution in [0.4, 0.5) is 0 Å². The SMILES string of the molecule is CN(C(=O)C1CCCN(S(=O)(=O)CCCc2ccccc2)C1)C1CCCCC1. The zero-order valence-electron chi connectivity index (χ0n) is 17.1. The first-order chi connectivity index (χ1) is 13.5. The fourth-order valence-corrected chi connectivity index (χ4v) is 6.15. The second-order valence-electron chi connectivity index (χ2n) is 8.34. The largest absolute Gasteiger partial charge is 0.342 e. The van der Waals surface area contributed by atoms with Gasteiger partial charge in [-0.15, -0.1) is 0 Å². The summed E-state index contributed by atoms with van der Waals surface area (Å²) in [5.74, 6) is 0.0991. The van der Waals surface area contributed by atoms with Gasteiger partial charge in [-0.2, -0.15) is 0 Å². The molecule has 0 spiro atoms. The van der Waals surface area contributed by atoms with Crippen molar-refractivity contribution in [1.82, 2.24) is 9.21 Å². The Balaban J connectivity index is 1.53. The summed E-state index contributed by atoms with van der Waals surface area (Å²) in [4.78, 5) is 14.9. The molecule has 1 saturated heterocycles. The Bertz CT molecular complexity index is 729. The molecule has 0 bridgehead atoms. The van der Waals surface area contributed by atoms with Crippen LogP contribution in [-0.4, -0.2) is 55.5 Å². The van der Waals surface area contributed by atoms with Crippen molar-refractivity contribution in [3.8, 4) is 0 Å². The number of rotatable bonds is 7. The van der Waals surface area contributed by atoms with E-state index in [0.717, 1.165) is 32.1 Å². The van der Waals surface area contributed by atoms with Crippen molar-refractivity contribution in [2.75, 3.05) is 25.9 Å². The summed E-state index contributed by atoms with van der Waals surface area (Å²) in [5, 5.41) is 0. The van der Waals surface area contributed by atoms with Crippen LogP contribution in [0, 0.1) is 5.92 Å². The zero-order chi connectivity index (χ0) is 20.0. The number of nitrogens with zero attached hydrogens (tertiary/aromatic N) is 2. The molecule has 1 atom stereocenters. The van der Waals surface area contributed by atoms with Crippen molar-refractivity contribution in [1.29, 1.82) is 0 Å². The Hall–Kier alpha value is -1.40. The zero-order valence-corrected chi connectivity index (χ0v) is 17.9. The molecule has 1 heterocycles. The van der Waals surface area contributed by atoms with Crippen molar-refractivity contribution in [2.45, 2.75) is 63.8 Å². The van der Waals surface area contributed by atoms with Crippen LogP contribution >= 0.6 is 0 Å². The summed E-state index contributed by atoms with van der Waals surface area (Å²) in [5.41, 5.74) is 1.17. The van der Waals surface area contributed by atoms with Crippen molar-refractivity contribution in [2.24, 2.45) is 5.92 Å². The molecule has 1 aliphatic heterocycles. The van der Waals surface area contributed by atoms with E-state index in [0.29, 0.717) is 25.6 Å². The van der Waals surface area contributed by atoms with Gasteiger partial charge in [0.15, 0.2) is 0 Å². The third-order valence-electron chi connectivity index (χ3n) is 6.31. The number of hydrogen-bond donors (Lipinski definition) is 0. The van der Waals surface area contributed by atoms with Crippen molar-refractivity contribution >= 4 is 15.9 Å². The molecule has 1 unspecified atom stereocenters. The molecular weight excluding hydrogens is 372 g/mol. The molecular formula is C22H34N2O3S. The molecule has 1 amide bonds. The van der Waals surface area contributed by atoms with Gasteiger partial charge in [0.25, 0.3) is 0 Å². The van der Waals surface area contributed by atoms with Crippen LogP contribution in [0.5, 0.6) is 0 Å². The predicted octanol–water partition coefficient (Wildman–Crippen LogP) is 3.45. The number of sulfonamides is 1. The highest BCUT2D eigenvalue weighted by Crippen LogP contribution is 2.26. The van der Waals surface area contributed by atoms with E-state index >= 15 is 0 Å². The lowest BCUT2D eigenvalue weighted by atomic mass is 9.92. The molecule has 2 fully saturated rings. The second kappa shape index (κ2) is 9.88. The standard InChI is InChI=1S/C22H34N2O3S/c1-23(21-14-6-3-7-15-21)22(25)20-13-8-16-24(18-20)28(26,27)17-9-12-19-10-4-2-5-11-19/h2,4-5,10-11,20-21H,3,6-9,12-18H2,1H3. The summed E-state index contributed by atoms with van der Waals surface area (Å²) < 4.78 is 27.2.